The van der Waals surface area contributed by atoms with Crippen molar-refractivity contribution in [3.05, 3.63) is 58.6 Å². The quantitative estimate of drug-likeness (QED) is 0.625. The van der Waals surface area contributed by atoms with Crippen LogP contribution in [0.15, 0.2) is 48.0 Å². The fourth-order valence-electron chi connectivity index (χ4n) is 1.54. The number of esters is 1. The van der Waals surface area contributed by atoms with Crippen molar-refractivity contribution in [1.29, 1.82) is 0 Å². The predicted octanol–water partition coefficient (Wildman–Crippen LogP) is 3.14. The highest BCUT2D eigenvalue weighted by Gasteiger charge is 2.10. The van der Waals surface area contributed by atoms with Crippen molar-refractivity contribution < 1.29 is 9.53 Å². The molecule has 0 spiro atoms. The third-order valence-corrected chi connectivity index (χ3v) is 3.10. The average molecular weight is 259 g/mol. The molecule has 1 aromatic carbocycles. The third-order valence-electron chi connectivity index (χ3n) is 2.30. The van der Waals surface area contributed by atoms with Crippen molar-refractivity contribution in [3.63, 3.8) is 0 Å². The first kappa shape index (κ1) is 12.5. The Bertz CT molecular complexity index is 532. The molecular weight excluding hydrogens is 246 g/mol. The van der Waals surface area contributed by atoms with Gasteiger partial charge in [0.25, 0.3) is 0 Å². The predicted molar refractivity (Wildman–Crippen MR) is 72.3 cm³/mol. The number of carbonyl (C=O) groups is 1. The van der Waals surface area contributed by atoms with Gasteiger partial charge in [0.1, 0.15) is 5.01 Å². The van der Waals surface area contributed by atoms with E-state index >= 15 is 0 Å². The second-order valence-electron chi connectivity index (χ2n) is 3.51. The monoisotopic (exact) mass is 259 g/mol. The molecule has 0 aliphatic carbocycles. The zero-order chi connectivity index (χ0) is 12.8. The van der Waals surface area contributed by atoms with Gasteiger partial charge in [0.15, 0.2) is 0 Å². The molecule has 0 saturated heterocycles. The van der Waals surface area contributed by atoms with Crippen molar-refractivity contribution >= 4 is 22.9 Å². The second-order valence-corrected chi connectivity index (χ2v) is 4.41. The first-order valence-electron chi connectivity index (χ1n) is 5.65. The van der Waals surface area contributed by atoms with Crippen LogP contribution in [0.5, 0.6) is 0 Å². The van der Waals surface area contributed by atoms with E-state index in [1.807, 2.05) is 35.7 Å². The van der Waals surface area contributed by atoms with Crippen LogP contribution < -0.4 is 0 Å². The van der Waals surface area contributed by atoms with Gasteiger partial charge in [0.2, 0.25) is 0 Å². The van der Waals surface area contributed by atoms with Gasteiger partial charge in [-0.3, -0.25) is 0 Å². The summed E-state index contributed by atoms with van der Waals surface area (Å²) in [6.07, 6.45) is 3.22. The Morgan fingerprint density at radius 3 is 2.78 bits per heavy atom. The van der Waals surface area contributed by atoms with E-state index < -0.39 is 0 Å². The average Bonchev–Trinajstić information content (AvgIpc) is 2.91. The van der Waals surface area contributed by atoms with Crippen molar-refractivity contribution in [2.75, 3.05) is 6.61 Å². The molecular formula is C14H13NO2S. The van der Waals surface area contributed by atoms with E-state index in [-0.39, 0.29) is 5.97 Å². The standard InChI is InChI=1S/C14H13NO2S/c1-2-17-13(16)10-12(14-15-8-9-18-14)11-6-4-3-5-7-11/h3-10H,2H2,1H3/b12-10+. The summed E-state index contributed by atoms with van der Waals surface area (Å²) in [6, 6.07) is 9.70. The van der Waals surface area contributed by atoms with Gasteiger partial charge < -0.3 is 4.74 Å². The summed E-state index contributed by atoms with van der Waals surface area (Å²) in [5, 5.41) is 2.70. The molecule has 0 saturated carbocycles. The Labute approximate surface area is 110 Å². The highest BCUT2D eigenvalue weighted by atomic mass is 32.1. The van der Waals surface area contributed by atoms with Crippen LogP contribution in [0.25, 0.3) is 5.57 Å². The SMILES string of the molecule is CCOC(=O)/C=C(\c1ccccc1)c1nccs1. The number of benzene rings is 1. The van der Waals surface area contributed by atoms with Crippen LogP contribution >= 0.6 is 11.3 Å². The lowest BCUT2D eigenvalue weighted by atomic mass is 10.1. The van der Waals surface area contributed by atoms with Crippen molar-refractivity contribution in [3.8, 4) is 0 Å². The van der Waals surface area contributed by atoms with Crippen LogP contribution in [0, 0.1) is 0 Å². The molecule has 1 aromatic heterocycles. The minimum atomic E-state index is -0.341. The summed E-state index contributed by atoms with van der Waals surface area (Å²) >= 11 is 1.50. The van der Waals surface area contributed by atoms with Crippen molar-refractivity contribution in [2.24, 2.45) is 0 Å². The molecule has 4 heteroatoms. The normalized spacial score (nSPS) is 11.3. The zero-order valence-electron chi connectivity index (χ0n) is 10.00. The smallest absolute Gasteiger partial charge is 0.331 e. The van der Waals surface area contributed by atoms with Crippen LogP contribution in [0.4, 0.5) is 0 Å². The lowest BCUT2D eigenvalue weighted by Crippen LogP contribution is -2.01. The number of nitrogens with zero attached hydrogens (tertiary/aromatic N) is 1. The molecule has 0 N–H and O–H groups in total. The molecule has 3 nitrogen and oxygen atoms in total. The highest BCUT2D eigenvalue weighted by Crippen LogP contribution is 2.24. The molecule has 2 rings (SSSR count). The largest absolute Gasteiger partial charge is 0.463 e. The van der Waals surface area contributed by atoms with Crippen molar-refractivity contribution in [2.45, 2.75) is 6.92 Å². The van der Waals surface area contributed by atoms with Crippen LogP contribution in [0.3, 0.4) is 0 Å². The Morgan fingerprint density at radius 1 is 1.39 bits per heavy atom. The van der Waals surface area contributed by atoms with Gasteiger partial charge in [0, 0.05) is 23.2 Å². The fourth-order valence-corrected chi connectivity index (χ4v) is 2.22. The van der Waals surface area contributed by atoms with Crippen LogP contribution in [-0.4, -0.2) is 17.6 Å². The summed E-state index contributed by atoms with van der Waals surface area (Å²) in [5.41, 5.74) is 1.75. The maximum atomic E-state index is 11.6. The highest BCUT2D eigenvalue weighted by molar-refractivity contribution is 7.10. The summed E-state index contributed by atoms with van der Waals surface area (Å²) in [6.45, 7) is 2.16. The Kier molecular flexibility index (Phi) is 4.25. The number of ether oxygens (including phenoxy) is 1. The van der Waals surface area contributed by atoms with Gasteiger partial charge in [-0.2, -0.15) is 0 Å². The topological polar surface area (TPSA) is 39.2 Å². The minimum Gasteiger partial charge on any atom is -0.463 e. The van der Waals surface area contributed by atoms with Crippen molar-refractivity contribution in [1.82, 2.24) is 4.98 Å². The second kappa shape index (κ2) is 6.12. The van der Waals surface area contributed by atoms with E-state index in [2.05, 4.69) is 4.98 Å². The number of hydrogen-bond donors (Lipinski definition) is 0. The zero-order valence-corrected chi connectivity index (χ0v) is 10.8. The van der Waals surface area contributed by atoms with E-state index in [0.717, 1.165) is 16.1 Å². The Morgan fingerprint density at radius 2 is 2.17 bits per heavy atom. The molecule has 0 unspecified atom stereocenters. The molecule has 92 valence electrons. The fraction of sp³-hybridized carbons (Fsp3) is 0.143. The van der Waals surface area contributed by atoms with Gasteiger partial charge in [0.05, 0.1) is 6.61 Å². The first-order valence-corrected chi connectivity index (χ1v) is 6.53. The molecule has 0 fully saturated rings. The van der Waals surface area contributed by atoms with E-state index in [4.69, 9.17) is 4.74 Å². The van der Waals surface area contributed by atoms with Crippen LogP contribution in [0.2, 0.25) is 0 Å². The minimum absolute atomic E-state index is 0.341. The van der Waals surface area contributed by atoms with E-state index in [0.29, 0.717) is 6.61 Å². The summed E-state index contributed by atoms with van der Waals surface area (Å²) < 4.78 is 4.95. The molecule has 18 heavy (non-hydrogen) atoms. The maximum absolute atomic E-state index is 11.6. The lowest BCUT2D eigenvalue weighted by Gasteiger charge is -2.04. The van der Waals surface area contributed by atoms with E-state index in [1.54, 1.807) is 13.1 Å². The molecule has 1 heterocycles. The van der Waals surface area contributed by atoms with Crippen LogP contribution in [0.1, 0.15) is 17.5 Å². The Balaban J connectivity index is 2.39. The van der Waals surface area contributed by atoms with Gasteiger partial charge in [-0.15, -0.1) is 11.3 Å². The number of rotatable bonds is 4. The third kappa shape index (κ3) is 3.05. The number of carbonyl (C=O) groups excluding carboxylic acids is 1. The molecule has 0 aliphatic heterocycles. The molecule has 0 amide bonds. The summed E-state index contributed by atoms with van der Waals surface area (Å²) in [5.74, 6) is -0.341. The molecule has 0 atom stereocenters. The van der Waals surface area contributed by atoms with Gasteiger partial charge in [-0.05, 0) is 12.5 Å². The molecule has 0 radical (unpaired) electrons. The molecule has 2 aromatic rings. The van der Waals surface area contributed by atoms with Gasteiger partial charge in [-0.1, -0.05) is 30.3 Å². The van der Waals surface area contributed by atoms with Crippen LogP contribution in [-0.2, 0) is 9.53 Å². The van der Waals surface area contributed by atoms with Gasteiger partial charge in [-0.25, -0.2) is 9.78 Å². The summed E-state index contributed by atoms with van der Waals surface area (Å²) in [4.78, 5) is 15.8. The number of thiazole rings is 1. The number of hydrogen-bond acceptors (Lipinski definition) is 4. The first-order chi connectivity index (χ1) is 8.81. The van der Waals surface area contributed by atoms with E-state index in [9.17, 15) is 4.79 Å². The Hall–Kier alpha value is -1.94. The summed E-state index contributed by atoms with van der Waals surface area (Å²) in [7, 11) is 0. The maximum Gasteiger partial charge on any atom is 0.331 e. The van der Waals surface area contributed by atoms with E-state index in [1.165, 1.54) is 17.4 Å². The molecule has 0 aliphatic rings. The number of aromatic nitrogens is 1. The lowest BCUT2D eigenvalue weighted by molar-refractivity contribution is -0.137. The van der Waals surface area contributed by atoms with Gasteiger partial charge >= 0.3 is 5.97 Å². The molecule has 0 bridgehead atoms.